The van der Waals surface area contributed by atoms with E-state index >= 15 is 0 Å². The van der Waals surface area contributed by atoms with Crippen LogP contribution in [0.2, 0.25) is 0 Å². The molecule has 2 heteroatoms. The Bertz CT molecular complexity index is 166. The van der Waals surface area contributed by atoms with E-state index in [1.54, 1.807) is 0 Å². The summed E-state index contributed by atoms with van der Waals surface area (Å²) < 4.78 is 0. The van der Waals surface area contributed by atoms with E-state index in [9.17, 15) is 0 Å². The van der Waals surface area contributed by atoms with Crippen LogP contribution in [-0.4, -0.2) is 11.8 Å². The van der Waals surface area contributed by atoms with Gasteiger partial charge in [0.15, 0.2) is 0 Å². The Hall–Kier alpha value is -0.790. The van der Waals surface area contributed by atoms with Crippen LogP contribution in [-0.2, 0) is 0 Å². The molecule has 0 aromatic heterocycles. The second-order valence-electron chi connectivity index (χ2n) is 2.94. The van der Waals surface area contributed by atoms with Gasteiger partial charge in [-0.2, -0.15) is 0 Å². The molecule has 2 nitrogen and oxygen atoms in total. The van der Waals surface area contributed by atoms with Crippen molar-refractivity contribution in [3.63, 3.8) is 0 Å². The third-order valence-electron chi connectivity index (χ3n) is 1.18. The molecule has 1 aliphatic rings. The van der Waals surface area contributed by atoms with Gasteiger partial charge >= 0.3 is 0 Å². The van der Waals surface area contributed by atoms with E-state index in [1.807, 2.05) is 19.3 Å². The normalized spacial score (nSPS) is 22.8. The molecule has 9 heavy (non-hydrogen) atoms. The minimum Gasteiger partial charge on any atom is -0.377 e. The molecule has 0 fully saturated rings. The van der Waals surface area contributed by atoms with Crippen LogP contribution in [0.15, 0.2) is 16.9 Å². The topological polar surface area (TPSA) is 24.4 Å². The quantitative estimate of drug-likeness (QED) is 0.517. The van der Waals surface area contributed by atoms with Gasteiger partial charge in [0.25, 0.3) is 0 Å². The lowest BCUT2D eigenvalue weighted by molar-refractivity contribution is 0.569. The number of hydrogen-bond acceptors (Lipinski definition) is 2. The van der Waals surface area contributed by atoms with E-state index < -0.39 is 0 Å². The van der Waals surface area contributed by atoms with Crippen LogP contribution in [0.5, 0.6) is 0 Å². The zero-order chi connectivity index (χ0) is 6.91. The molecule has 0 atom stereocenters. The molecule has 0 saturated heterocycles. The van der Waals surface area contributed by atoms with Gasteiger partial charge in [-0.05, 0) is 20.8 Å². The second-order valence-corrected chi connectivity index (χ2v) is 2.94. The maximum atomic E-state index is 4.06. The van der Waals surface area contributed by atoms with E-state index in [1.165, 1.54) is 0 Å². The van der Waals surface area contributed by atoms with Crippen LogP contribution in [0.25, 0.3) is 0 Å². The van der Waals surface area contributed by atoms with E-state index in [0.717, 1.165) is 5.70 Å². The van der Waals surface area contributed by atoms with Gasteiger partial charge in [-0.1, -0.05) is 0 Å². The van der Waals surface area contributed by atoms with E-state index in [2.05, 4.69) is 24.2 Å². The van der Waals surface area contributed by atoms with E-state index in [-0.39, 0.29) is 5.54 Å². The summed E-state index contributed by atoms with van der Waals surface area (Å²) in [6.07, 6.45) is 3.73. The Morgan fingerprint density at radius 3 is 2.56 bits per heavy atom. The molecule has 0 bridgehead atoms. The number of rotatable bonds is 0. The zero-order valence-electron chi connectivity index (χ0n) is 6.10. The monoisotopic (exact) mass is 124 g/mol. The van der Waals surface area contributed by atoms with Gasteiger partial charge in [0.1, 0.15) is 0 Å². The molecule has 0 aromatic rings. The van der Waals surface area contributed by atoms with Crippen molar-refractivity contribution >= 4 is 6.21 Å². The van der Waals surface area contributed by atoms with Crippen molar-refractivity contribution in [3.8, 4) is 0 Å². The predicted molar refractivity (Wildman–Crippen MR) is 39.5 cm³/mol. The van der Waals surface area contributed by atoms with Crippen molar-refractivity contribution in [1.29, 1.82) is 0 Å². The third-order valence-corrected chi connectivity index (χ3v) is 1.18. The molecular weight excluding hydrogens is 112 g/mol. The maximum absolute atomic E-state index is 4.06. The SMILES string of the molecule is CC1=CN=CC(C)(C)N1. The summed E-state index contributed by atoms with van der Waals surface area (Å²) in [6.45, 7) is 6.19. The predicted octanol–water partition coefficient (Wildman–Crippen LogP) is 1.30. The van der Waals surface area contributed by atoms with E-state index in [0.29, 0.717) is 0 Å². The molecule has 0 aliphatic carbocycles. The lowest BCUT2D eigenvalue weighted by Crippen LogP contribution is -2.40. The van der Waals surface area contributed by atoms with Crippen molar-refractivity contribution in [2.75, 3.05) is 0 Å². The molecule has 0 amide bonds. The van der Waals surface area contributed by atoms with Crippen molar-refractivity contribution in [2.24, 2.45) is 4.99 Å². The summed E-state index contributed by atoms with van der Waals surface area (Å²) in [5, 5.41) is 3.27. The molecule has 1 aliphatic heterocycles. The Morgan fingerprint density at radius 2 is 2.22 bits per heavy atom. The maximum Gasteiger partial charge on any atom is 0.0668 e. The summed E-state index contributed by atoms with van der Waals surface area (Å²) in [4.78, 5) is 4.06. The number of nitrogens with one attached hydrogen (secondary N) is 1. The highest BCUT2D eigenvalue weighted by atomic mass is 15.0. The molecule has 0 spiro atoms. The standard InChI is InChI=1S/C7H12N2/c1-6-4-8-5-7(2,3)9-6/h4-5,9H,1-3H3. The van der Waals surface area contributed by atoms with Gasteiger partial charge in [0.05, 0.1) is 5.54 Å². The Balaban J connectivity index is 2.73. The first kappa shape index (κ1) is 6.33. The summed E-state index contributed by atoms with van der Waals surface area (Å²) in [7, 11) is 0. The van der Waals surface area contributed by atoms with Gasteiger partial charge in [-0.3, -0.25) is 4.99 Å². The fourth-order valence-electron chi connectivity index (χ4n) is 0.908. The highest BCUT2D eigenvalue weighted by Crippen LogP contribution is 2.06. The summed E-state index contributed by atoms with van der Waals surface area (Å²) in [6, 6.07) is 0. The molecule has 0 unspecified atom stereocenters. The number of allylic oxidation sites excluding steroid dienone is 1. The molecule has 1 rings (SSSR count). The first-order valence-electron chi connectivity index (χ1n) is 3.09. The largest absolute Gasteiger partial charge is 0.377 e. The first-order valence-corrected chi connectivity index (χ1v) is 3.09. The van der Waals surface area contributed by atoms with Crippen LogP contribution in [0, 0.1) is 0 Å². The van der Waals surface area contributed by atoms with Crippen LogP contribution in [0.3, 0.4) is 0 Å². The van der Waals surface area contributed by atoms with Crippen molar-refractivity contribution in [3.05, 3.63) is 11.9 Å². The summed E-state index contributed by atoms with van der Waals surface area (Å²) in [5.74, 6) is 0. The van der Waals surface area contributed by atoms with Crippen LogP contribution < -0.4 is 5.32 Å². The average molecular weight is 124 g/mol. The third kappa shape index (κ3) is 1.56. The van der Waals surface area contributed by atoms with Gasteiger partial charge in [-0.15, -0.1) is 0 Å². The summed E-state index contributed by atoms with van der Waals surface area (Å²) in [5.41, 5.74) is 1.17. The first-order chi connectivity index (χ1) is 4.10. The van der Waals surface area contributed by atoms with Gasteiger partial charge in [-0.25, -0.2) is 0 Å². The highest BCUT2D eigenvalue weighted by molar-refractivity contribution is 5.71. The highest BCUT2D eigenvalue weighted by Gasteiger charge is 2.15. The Kier molecular flexibility index (Phi) is 1.31. The van der Waals surface area contributed by atoms with Crippen molar-refractivity contribution < 1.29 is 0 Å². The average Bonchev–Trinajstić information content (AvgIpc) is 1.60. The lowest BCUT2D eigenvalue weighted by Gasteiger charge is -2.25. The molecule has 50 valence electrons. The fourth-order valence-corrected chi connectivity index (χ4v) is 0.908. The van der Waals surface area contributed by atoms with Crippen molar-refractivity contribution in [1.82, 2.24) is 5.32 Å². The van der Waals surface area contributed by atoms with E-state index in [4.69, 9.17) is 0 Å². The van der Waals surface area contributed by atoms with Gasteiger partial charge in [0.2, 0.25) is 0 Å². The van der Waals surface area contributed by atoms with Gasteiger partial charge < -0.3 is 5.32 Å². The van der Waals surface area contributed by atoms with Crippen LogP contribution >= 0.6 is 0 Å². The number of hydrogen-bond donors (Lipinski definition) is 1. The van der Waals surface area contributed by atoms with Gasteiger partial charge in [0, 0.05) is 18.1 Å². The zero-order valence-corrected chi connectivity index (χ0v) is 6.10. The molecule has 1 heterocycles. The minimum atomic E-state index is 0.0405. The minimum absolute atomic E-state index is 0.0405. The smallest absolute Gasteiger partial charge is 0.0668 e. The van der Waals surface area contributed by atoms with Crippen LogP contribution in [0.1, 0.15) is 20.8 Å². The Morgan fingerprint density at radius 1 is 1.56 bits per heavy atom. The summed E-state index contributed by atoms with van der Waals surface area (Å²) >= 11 is 0. The molecular formula is C7H12N2. The van der Waals surface area contributed by atoms with Crippen molar-refractivity contribution in [2.45, 2.75) is 26.3 Å². The molecule has 0 aromatic carbocycles. The number of aliphatic imine (C=N–C) groups is 1. The number of nitrogens with zero attached hydrogens (tertiary/aromatic N) is 1. The lowest BCUT2D eigenvalue weighted by atomic mass is 10.1. The molecule has 0 saturated carbocycles. The fraction of sp³-hybridized carbons (Fsp3) is 0.571. The van der Waals surface area contributed by atoms with Crippen LogP contribution in [0.4, 0.5) is 0 Å². The molecule has 1 N–H and O–H groups in total. The second kappa shape index (κ2) is 1.87. The molecule has 0 radical (unpaired) electrons. The Labute approximate surface area is 55.7 Å².